The second kappa shape index (κ2) is 12.7. The summed E-state index contributed by atoms with van der Waals surface area (Å²) in [5, 5.41) is 0. The minimum absolute atomic E-state index is 0.0997. The fourth-order valence-corrected chi connectivity index (χ4v) is 4.28. The number of hydrogen-bond acceptors (Lipinski definition) is 3. The lowest BCUT2D eigenvalue weighted by molar-refractivity contribution is -0.0120. The molecule has 1 saturated heterocycles. The van der Waals surface area contributed by atoms with Crippen molar-refractivity contribution in [2.75, 3.05) is 13.2 Å². The van der Waals surface area contributed by atoms with E-state index in [0.29, 0.717) is 12.5 Å². The maximum atomic E-state index is 12.9. The summed E-state index contributed by atoms with van der Waals surface area (Å²) >= 11 is 0. The number of pyridine rings is 1. The third kappa shape index (κ3) is 7.53. The van der Waals surface area contributed by atoms with Crippen LogP contribution in [0.25, 0.3) is 0 Å². The van der Waals surface area contributed by atoms with Gasteiger partial charge in [0.2, 0.25) is 0 Å². The maximum Gasteiger partial charge on any atom is 0.194 e. The molecule has 1 aliphatic heterocycles. The second-order valence-electron chi connectivity index (χ2n) is 8.78. The van der Waals surface area contributed by atoms with Gasteiger partial charge in [-0.2, -0.15) is 0 Å². The summed E-state index contributed by atoms with van der Waals surface area (Å²) in [7, 11) is 0. The van der Waals surface area contributed by atoms with Crippen LogP contribution in [-0.2, 0) is 30.4 Å². The molecule has 3 rings (SSSR count). The Kier molecular flexibility index (Phi) is 9.67. The van der Waals surface area contributed by atoms with E-state index < -0.39 is 0 Å². The number of aromatic nitrogens is 1. The standard InChI is InChI=1S/C27H39NO3/c1-3-5-6-11-24-25(17-16-22-14-12-21(9-4-2)13-15-22)28-27(19-26(24)29)31-20-23-10-7-8-18-30-23/h12-15,19,23H,3-11,16-18,20H2,1-2H3,(H,28,29). The number of benzene rings is 1. The normalized spacial score (nSPS) is 16.4. The van der Waals surface area contributed by atoms with Crippen molar-refractivity contribution in [2.45, 2.75) is 90.6 Å². The van der Waals surface area contributed by atoms with Crippen molar-refractivity contribution in [3.05, 3.63) is 62.9 Å². The summed E-state index contributed by atoms with van der Waals surface area (Å²) in [5.41, 5.74) is 4.75. The van der Waals surface area contributed by atoms with Gasteiger partial charge in [0.15, 0.2) is 11.3 Å². The van der Waals surface area contributed by atoms with E-state index in [1.165, 1.54) is 24.0 Å². The Labute approximate surface area is 187 Å². The van der Waals surface area contributed by atoms with Crippen LogP contribution in [0.2, 0.25) is 0 Å². The first-order chi connectivity index (χ1) is 15.2. The van der Waals surface area contributed by atoms with Gasteiger partial charge in [0.25, 0.3) is 0 Å². The number of nitrogens with one attached hydrogen (secondary N) is 1. The number of aryl methyl sites for hydroxylation is 3. The van der Waals surface area contributed by atoms with Gasteiger partial charge in [0.1, 0.15) is 6.61 Å². The first kappa shape index (κ1) is 23.6. The molecular weight excluding hydrogens is 386 g/mol. The third-order valence-electron chi connectivity index (χ3n) is 6.15. The molecule has 1 aromatic carbocycles. The average molecular weight is 426 g/mol. The molecule has 1 N–H and O–H groups in total. The van der Waals surface area contributed by atoms with Crippen LogP contribution in [0.15, 0.2) is 35.1 Å². The molecule has 4 heteroatoms. The molecular formula is C27H39NO3. The summed E-state index contributed by atoms with van der Waals surface area (Å²) in [6.07, 6.45) is 11.7. The van der Waals surface area contributed by atoms with Gasteiger partial charge >= 0.3 is 0 Å². The molecule has 0 bridgehead atoms. The first-order valence-corrected chi connectivity index (χ1v) is 12.3. The van der Waals surface area contributed by atoms with Gasteiger partial charge in [0.05, 0.1) is 6.10 Å². The highest BCUT2D eigenvalue weighted by Crippen LogP contribution is 2.18. The predicted molar refractivity (Wildman–Crippen MR) is 127 cm³/mol. The number of rotatable bonds is 12. The van der Waals surface area contributed by atoms with E-state index in [2.05, 4.69) is 43.1 Å². The number of H-pyrrole nitrogens is 1. The molecule has 31 heavy (non-hydrogen) atoms. The summed E-state index contributed by atoms with van der Waals surface area (Å²) in [6.45, 7) is 5.71. The molecule has 2 heterocycles. The van der Waals surface area contributed by atoms with Crippen molar-refractivity contribution in [1.29, 1.82) is 0 Å². The lowest BCUT2D eigenvalue weighted by Crippen LogP contribution is -2.26. The Morgan fingerprint density at radius 1 is 0.968 bits per heavy atom. The number of hydrogen-bond donors (Lipinski definition) is 1. The zero-order valence-electron chi connectivity index (χ0n) is 19.4. The monoisotopic (exact) mass is 425 g/mol. The van der Waals surface area contributed by atoms with Crippen LogP contribution < -0.4 is 10.2 Å². The highest BCUT2D eigenvalue weighted by atomic mass is 16.5. The summed E-state index contributed by atoms with van der Waals surface area (Å²) < 4.78 is 11.7. The molecule has 0 amide bonds. The molecule has 1 unspecified atom stereocenters. The van der Waals surface area contributed by atoms with Crippen LogP contribution in [0.4, 0.5) is 0 Å². The molecule has 0 saturated carbocycles. The lowest BCUT2D eigenvalue weighted by Gasteiger charge is -2.22. The van der Waals surface area contributed by atoms with Gasteiger partial charge in [-0.15, -0.1) is 0 Å². The molecule has 1 aromatic heterocycles. The number of aromatic amines is 1. The molecule has 2 aromatic rings. The minimum Gasteiger partial charge on any atom is -0.476 e. The average Bonchev–Trinajstić information content (AvgIpc) is 2.79. The molecule has 1 aliphatic rings. The Morgan fingerprint density at radius 2 is 1.74 bits per heavy atom. The van der Waals surface area contributed by atoms with Crippen molar-refractivity contribution in [3.63, 3.8) is 0 Å². The topological polar surface area (TPSA) is 51.3 Å². The van der Waals surface area contributed by atoms with E-state index in [-0.39, 0.29) is 11.5 Å². The molecule has 170 valence electrons. The highest BCUT2D eigenvalue weighted by molar-refractivity contribution is 5.29. The predicted octanol–water partition coefficient (Wildman–Crippen LogP) is 5.79. The first-order valence-electron chi connectivity index (χ1n) is 12.3. The van der Waals surface area contributed by atoms with E-state index in [1.54, 1.807) is 6.07 Å². The SMILES string of the molecule is CCCCCc1c(CCc2ccc(CCC)cc2)[nH]c(OCC2CCCCO2)cc1=O. The molecule has 4 nitrogen and oxygen atoms in total. The summed E-state index contributed by atoms with van der Waals surface area (Å²) in [4.78, 5) is 16.3. The van der Waals surface area contributed by atoms with Gasteiger partial charge in [-0.05, 0) is 62.5 Å². The van der Waals surface area contributed by atoms with Crippen molar-refractivity contribution >= 4 is 0 Å². The van der Waals surface area contributed by atoms with E-state index in [0.717, 1.165) is 75.7 Å². The van der Waals surface area contributed by atoms with Crippen LogP contribution in [0, 0.1) is 0 Å². The van der Waals surface area contributed by atoms with Gasteiger partial charge < -0.3 is 14.5 Å². The van der Waals surface area contributed by atoms with Crippen molar-refractivity contribution in [1.82, 2.24) is 4.98 Å². The van der Waals surface area contributed by atoms with Gasteiger partial charge in [-0.25, -0.2) is 0 Å². The molecule has 0 radical (unpaired) electrons. The zero-order chi connectivity index (χ0) is 21.9. The van der Waals surface area contributed by atoms with Crippen LogP contribution in [0.1, 0.15) is 81.2 Å². The zero-order valence-corrected chi connectivity index (χ0v) is 19.4. The van der Waals surface area contributed by atoms with E-state index >= 15 is 0 Å². The fraction of sp³-hybridized carbons (Fsp3) is 0.593. The highest BCUT2D eigenvalue weighted by Gasteiger charge is 2.16. The Hall–Kier alpha value is -2.07. The lowest BCUT2D eigenvalue weighted by atomic mass is 9.99. The molecule has 1 atom stereocenters. The van der Waals surface area contributed by atoms with Crippen molar-refractivity contribution < 1.29 is 9.47 Å². The second-order valence-corrected chi connectivity index (χ2v) is 8.78. The van der Waals surface area contributed by atoms with Gasteiger partial charge in [0, 0.05) is 23.9 Å². The van der Waals surface area contributed by atoms with Crippen LogP contribution in [-0.4, -0.2) is 24.3 Å². The maximum absolute atomic E-state index is 12.9. The van der Waals surface area contributed by atoms with Gasteiger partial charge in [-0.1, -0.05) is 57.4 Å². The Morgan fingerprint density at radius 3 is 2.42 bits per heavy atom. The van der Waals surface area contributed by atoms with Gasteiger partial charge in [-0.3, -0.25) is 4.79 Å². The van der Waals surface area contributed by atoms with Crippen LogP contribution in [0.3, 0.4) is 0 Å². The Bertz CT molecular complexity index is 835. The van der Waals surface area contributed by atoms with E-state index in [4.69, 9.17) is 9.47 Å². The third-order valence-corrected chi connectivity index (χ3v) is 6.15. The van der Waals surface area contributed by atoms with E-state index in [1.807, 2.05) is 0 Å². The van der Waals surface area contributed by atoms with E-state index in [9.17, 15) is 4.79 Å². The summed E-state index contributed by atoms with van der Waals surface area (Å²) in [6, 6.07) is 10.5. The molecule has 1 fully saturated rings. The number of unbranched alkanes of at least 4 members (excludes halogenated alkanes) is 2. The fourth-order valence-electron chi connectivity index (χ4n) is 4.28. The van der Waals surface area contributed by atoms with Crippen LogP contribution >= 0.6 is 0 Å². The van der Waals surface area contributed by atoms with Crippen LogP contribution in [0.5, 0.6) is 5.88 Å². The summed E-state index contributed by atoms with van der Waals surface area (Å²) in [5.74, 6) is 0.576. The number of ether oxygens (including phenoxy) is 2. The quantitative estimate of drug-likeness (QED) is 0.438. The Balaban J connectivity index is 1.70. The van der Waals surface area contributed by atoms with Crippen molar-refractivity contribution in [3.8, 4) is 5.88 Å². The minimum atomic E-state index is 0.0997. The largest absolute Gasteiger partial charge is 0.476 e. The molecule has 0 aliphatic carbocycles. The molecule has 0 spiro atoms. The smallest absolute Gasteiger partial charge is 0.194 e. The van der Waals surface area contributed by atoms with Crippen molar-refractivity contribution in [2.24, 2.45) is 0 Å².